The molecule has 7 heavy (non-hydrogen) atoms. The molecule has 1 heteroatoms. The molecule has 0 saturated carbocycles. The second kappa shape index (κ2) is 2.80. The number of rotatable bonds is 1. The minimum absolute atomic E-state index is 1.05. The van der Waals surface area contributed by atoms with Gasteiger partial charge in [0.25, 0.3) is 0 Å². The SMILES string of the molecule is C=C(C)C(C)=C[S]. The number of hydrogen-bond acceptors (Lipinski definition) is 0. The van der Waals surface area contributed by atoms with E-state index in [0.717, 1.165) is 11.1 Å². The Hall–Kier alpha value is -0.300. The zero-order valence-corrected chi connectivity index (χ0v) is 5.51. The first-order valence-electron chi connectivity index (χ1n) is 2.13. The van der Waals surface area contributed by atoms with Crippen LogP contribution in [0.4, 0.5) is 0 Å². The molecule has 0 saturated heterocycles. The summed E-state index contributed by atoms with van der Waals surface area (Å²) in [6, 6.07) is 0. The molecule has 0 atom stereocenters. The van der Waals surface area contributed by atoms with Gasteiger partial charge in [0.1, 0.15) is 0 Å². The van der Waals surface area contributed by atoms with Crippen molar-refractivity contribution in [1.29, 1.82) is 0 Å². The van der Waals surface area contributed by atoms with Crippen LogP contribution in [0.5, 0.6) is 0 Å². The highest BCUT2D eigenvalue weighted by atomic mass is 32.1. The summed E-state index contributed by atoms with van der Waals surface area (Å²) in [4.78, 5) is 0. The van der Waals surface area contributed by atoms with Crippen molar-refractivity contribution in [3.8, 4) is 0 Å². The van der Waals surface area contributed by atoms with Crippen LogP contribution in [-0.2, 0) is 0 Å². The largest absolute Gasteiger partial charge is 0.0958 e. The van der Waals surface area contributed by atoms with E-state index in [1.54, 1.807) is 5.41 Å². The first-order valence-corrected chi connectivity index (χ1v) is 2.60. The molecule has 0 unspecified atom stereocenters. The molecule has 1 radical (unpaired) electrons. The lowest BCUT2D eigenvalue weighted by atomic mass is 10.2. The van der Waals surface area contributed by atoms with Crippen molar-refractivity contribution in [2.75, 3.05) is 0 Å². The highest BCUT2D eigenvalue weighted by Crippen LogP contribution is 2.04. The molecule has 0 amide bonds. The van der Waals surface area contributed by atoms with Crippen LogP contribution in [0.15, 0.2) is 23.1 Å². The van der Waals surface area contributed by atoms with Crippen molar-refractivity contribution in [1.82, 2.24) is 0 Å². The summed E-state index contributed by atoms with van der Waals surface area (Å²) >= 11 is 4.63. The van der Waals surface area contributed by atoms with Crippen LogP contribution in [0.1, 0.15) is 13.8 Å². The summed E-state index contributed by atoms with van der Waals surface area (Å²) in [5, 5.41) is 1.64. The van der Waals surface area contributed by atoms with Crippen molar-refractivity contribution in [2.45, 2.75) is 13.8 Å². The maximum absolute atomic E-state index is 4.63. The van der Waals surface area contributed by atoms with Crippen molar-refractivity contribution < 1.29 is 0 Å². The lowest BCUT2D eigenvalue weighted by Gasteiger charge is -1.90. The van der Waals surface area contributed by atoms with E-state index in [2.05, 4.69) is 19.2 Å². The molecule has 0 bridgehead atoms. The fourth-order valence-corrected chi connectivity index (χ4v) is 0.302. The normalized spacial score (nSPS) is 11.4. The first-order chi connectivity index (χ1) is 3.18. The quantitative estimate of drug-likeness (QED) is 0.458. The van der Waals surface area contributed by atoms with E-state index in [1.165, 1.54) is 0 Å². The Labute approximate surface area is 50.3 Å². The van der Waals surface area contributed by atoms with Gasteiger partial charge in [-0.2, -0.15) is 0 Å². The maximum atomic E-state index is 4.63. The molecule has 39 valence electrons. The Balaban J connectivity index is 3.82. The molecular weight excluding hydrogens is 104 g/mol. The molecular formula is C6H9S. The third-order valence-electron chi connectivity index (χ3n) is 0.850. The summed E-state index contributed by atoms with van der Waals surface area (Å²) in [7, 11) is 0. The Morgan fingerprint density at radius 3 is 2.00 bits per heavy atom. The van der Waals surface area contributed by atoms with E-state index in [-0.39, 0.29) is 0 Å². The van der Waals surface area contributed by atoms with Gasteiger partial charge in [-0.3, -0.25) is 0 Å². The second-order valence-electron chi connectivity index (χ2n) is 1.58. The van der Waals surface area contributed by atoms with Crippen LogP contribution in [0.25, 0.3) is 0 Å². The van der Waals surface area contributed by atoms with Gasteiger partial charge in [0, 0.05) is 5.41 Å². The summed E-state index contributed by atoms with van der Waals surface area (Å²) in [6.45, 7) is 7.59. The Morgan fingerprint density at radius 2 is 2.00 bits per heavy atom. The van der Waals surface area contributed by atoms with Crippen LogP contribution in [0.2, 0.25) is 0 Å². The molecule has 0 aromatic heterocycles. The molecule has 0 aliphatic carbocycles. The predicted octanol–water partition coefficient (Wildman–Crippen LogP) is 2.66. The molecule has 0 aliphatic rings. The zero-order chi connectivity index (χ0) is 5.86. The van der Waals surface area contributed by atoms with Crippen LogP contribution < -0.4 is 0 Å². The van der Waals surface area contributed by atoms with Gasteiger partial charge in [-0.15, -0.1) is 0 Å². The van der Waals surface area contributed by atoms with Crippen molar-refractivity contribution in [3.05, 3.63) is 23.1 Å². The topological polar surface area (TPSA) is 0 Å². The average Bonchev–Trinajstić information content (AvgIpc) is 1.65. The Bertz CT molecular complexity index is 101. The molecule has 0 spiro atoms. The summed E-state index contributed by atoms with van der Waals surface area (Å²) in [5.41, 5.74) is 2.14. The summed E-state index contributed by atoms with van der Waals surface area (Å²) in [6.07, 6.45) is 0. The van der Waals surface area contributed by atoms with E-state index in [9.17, 15) is 0 Å². The van der Waals surface area contributed by atoms with Gasteiger partial charge < -0.3 is 0 Å². The minimum atomic E-state index is 1.05. The lowest BCUT2D eigenvalue weighted by molar-refractivity contribution is 1.38. The van der Waals surface area contributed by atoms with Crippen LogP contribution in [0.3, 0.4) is 0 Å². The summed E-state index contributed by atoms with van der Waals surface area (Å²) in [5.74, 6) is 0. The van der Waals surface area contributed by atoms with E-state index in [4.69, 9.17) is 0 Å². The fourth-order valence-electron chi connectivity index (χ4n) is 0.101. The number of allylic oxidation sites excluding steroid dienone is 2. The van der Waals surface area contributed by atoms with Crippen molar-refractivity contribution >= 4 is 12.6 Å². The standard InChI is InChI=1S/C6H9S/c1-5(2)6(3)4-7/h4H,1H2,2-3H3. The second-order valence-corrected chi connectivity index (χ2v) is 1.82. The van der Waals surface area contributed by atoms with Gasteiger partial charge in [0.15, 0.2) is 0 Å². The maximum Gasteiger partial charge on any atom is 0.00452 e. The highest BCUT2D eigenvalue weighted by molar-refractivity contribution is 7.83. The van der Waals surface area contributed by atoms with E-state index in [0.29, 0.717) is 0 Å². The fraction of sp³-hybridized carbons (Fsp3) is 0.333. The van der Waals surface area contributed by atoms with Gasteiger partial charge in [-0.25, -0.2) is 0 Å². The molecule has 0 nitrogen and oxygen atoms in total. The third kappa shape index (κ3) is 2.40. The van der Waals surface area contributed by atoms with Crippen molar-refractivity contribution in [2.24, 2.45) is 0 Å². The number of hydrogen-bond donors (Lipinski definition) is 0. The monoisotopic (exact) mass is 113 g/mol. The molecule has 0 N–H and O–H groups in total. The molecule has 0 heterocycles. The van der Waals surface area contributed by atoms with Gasteiger partial charge in [-0.05, 0) is 19.4 Å². The average molecular weight is 113 g/mol. The molecule has 0 aliphatic heterocycles. The highest BCUT2D eigenvalue weighted by Gasteiger charge is 1.82. The van der Waals surface area contributed by atoms with E-state index in [1.807, 2.05) is 13.8 Å². The van der Waals surface area contributed by atoms with E-state index < -0.39 is 0 Å². The molecule has 0 aromatic rings. The van der Waals surface area contributed by atoms with E-state index >= 15 is 0 Å². The smallest absolute Gasteiger partial charge is 0.00452 e. The minimum Gasteiger partial charge on any atom is -0.0958 e. The van der Waals surface area contributed by atoms with Crippen LogP contribution >= 0.6 is 12.6 Å². The Morgan fingerprint density at radius 1 is 1.57 bits per heavy atom. The summed E-state index contributed by atoms with van der Waals surface area (Å²) < 4.78 is 0. The first kappa shape index (κ1) is 6.70. The molecule has 0 fully saturated rings. The predicted molar refractivity (Wildman–Crippen MR) is 36.2 cm³/mol. The third-order valence-corrected chi connectivity index (χ3v) is 1.20. The zero-order valence-electron chi connectivity index (χ0n) is 4.69. The Kier molecular flexibility index (Phi) is 2.68. The lowest BCUT2D eigenvalue weighted by Crippen LogP contribution is -1.70. The van der Waals surface area contributed by atoms with Crippen LogP contribution in [-0.4, -0.2) is 0 Å². The molecule has 0 aromatic carbocycles. The van der Waals surface area contributed by atoms with Gasteiger partial charge in [-0.1, -0.05) is 24.8 Å². The van der Waals surface area contributed by atoms with Gasteiger partial charge in [0.2, 0.25) is 0 Å². The van der Waals surface area contributed by atoms with Crippen LogP contribution in [0, 0.1) is 0 Å². The molecule has 0 rings (SSSR count). The van der Waals surface area contributed by atoms with Gasteiger partial charge >= 0.3 is 0 Å². The van der Waals surface area contributed by atoms with Crippen molar-refractivity contribution in [3.63, 3.8) is 0 Å². The van der Waals surface area contributed by atoms with Gasteiger partial charge in [0.05, 0.1) is 0 Å².